The van der Waals surface area contributed by atoms with E-state index < -0.39 is 35.4 Å². The van der Waals surface area contributed by atoms with Gasteiger partial charge in [0.25, 0.3) is 0 Å². The van der Waals surface area contributed by atoms with Gasteiger partial charge in [0.15, 0.2) is 5.78 Å². The highest BCUT2D eigenvalue weighted by Crippen LogP contribution is 2.46. The van der Waals surface area contributed by atoms with Crippen LogP contribution in [0.3, 0.4) is 0 Å². The van der Waals surface area contributed by atoms with E-state index in [9.17, 15) is 18.8 Å². The van der Waals surface area contributed by atoms with Gasteiger partial charge in [-0.15, -0.1) is 0 Å². The minimum Gasteiger partial charge on any atom is -0.468 e. The molecule has 1 aliphatic carbocycles. The third kappa shape index (κ3) is 4.31. The summed E-state index contributed by atoms with van der Waals surface area (Å²) >= 11 is 3.19. The quantitative estimate of drug-likeness (QED) is 0.489. The Hall–Kier alpha value is -2.48. The first-order valence-electron chi connectivity index (χ1n) is 10.2. The fraction of sp³-hybridized carbons (Fsp3) is 0.435. The average Bonchev–Trinajstić information content (AvgIpc) is 2.72. The van der Waals surface area contributed by atoms with Gasteiger partial charge in [0, 0.05) is 22.9 Å². The second-order valence-electron chi connectivity index (χ2n) is 7.84. The number of ether oxygens (including phenoxy) is 2. The molecule has 8 heteroatoms. The predicted molar refractivity (Wildman–Crippen MR) is 115 cm³/mol. The summed E-state index contributed by atoms with van der Waals surface area (Å²) in [7, 11) is 1.25. The molecule has 3 atom stereocenters. The minimum atomic E-state index is -0.969. The molecule has 31 heavy (non-hydrogen) atoms. The van der Waals surface area contributed by atoms with Crippen molar-refractivity contribution in [3.05, 3.63) is 56.6 Å². The highest BCUT2D eigenvalue weighted by Gasteiger charge is 2.47. The van der Waals surface area contributed by atoms with Crippen molar-refractivity contribution in [2.45, 2.75) is 39.5 Å². The number of ketones is 1. The number of hydrogen-bond acceptors (Lipinski definition) is 6. The largest absolute Gasteiger partial charge is 0.468 e. The molecular formula is C23H25BrFNO5. The van der Waals surface area contributed by atoms with Crippen LogP contribution < -0.4 is 5.32 Å². The zero-order chi connectivity index (χ0) is 22.9. The van der Waals surface area contributed by atoms with Crippen molar-refractivity contribution in [3.63, 3.8) is 0 Å². The van der Waals surface area contributed by atoms with E-state index in [0.717, 1.165) is 0 Å². The van der Waals surface area contributed by atoms with Crippen molar-refractivity contribution in [3.8, 4) is 0 Å². The van der Waals surface area contributed by atoms with Gasteiger partial charge in [-0.25, -0.2) is 9.18 Å². The summed E-state index contributed by atoms with van der Waals surface area (Å²) in [5.41, 5.74) is 2.38. The third-order valence-corrected chi connectivity index (χ3v) is 6.28. The molecule has 1 aromatic carbocycles. The van der Waals surface area contributed by atoms with E-state index in [1.165, 1.54) is 13.2 Å². The van der Waals surface area contributed by atoms with Crippen LogP contribution in [0, 0.1) is 17.7 Å². The van der Waals surface area contributed by atoms with Gasteiger partial charge in [0.05, 0.1) is 23.8 Å². The summed E-state index contributed by atoms with van der Waals surface area (Å²) in [6, 6.07) is 4.37. The first kappa shape index (κ1) is 23.2. The Morgan fingerprint density at radius 2 is 2.03 bits per heavy atom. The molecule has 0 fully saturated rings. The maximum Gasteiger partial charge on any atom is 0.336 e. The Bertz CT molecular complexity index is 1000. The van der Waals surface area contributed by atoms with Crippen LogP contribution in [-0.2, 0) is 23.9 Å². The van der Waals surface area contributed by atoms with E-state index in [0.29, 0.717) is 35.4 Å². The third-order valence-electron chi connectivity index (χ3n) is 5.68. The molecule has 0 amide bonds. The maximum atomic E-state index is 13.9. The van der Waals surface area contributed by atoms with Gasteiger partial charge in [0.1, 0.15) is 11.7 Å². The molecule has 6 nitrogen and oxygen atoms in total. The number of esters is 2. The van der Waals surface area contributed by atoms with E-state index in [1.54, 1.807) is 19.1 Å². The first-order valence-corrected chi connectivity index (χ1v) is 10.9. The van der Waals surface area contributed by atoms with Crippen molar-refractivity contribution < 1.29 is 28.2 Å². The SMILES string of the molecule is CCCOC(=O)C1=C(C)NC2=C(C(=O)[C@H](C(=O)OC)[C@H](C)C2)[C@H]1c1ccc(F)c(Br)c1. The molecule has 0 bridgehead atoms. The standard InChI is InChI=1S/C23H25BrFNO5/c1-5-8-31-23(29)18-12(3)26-16-9-11(2)17(22(28)30-4)21(27)20(16)19(18)13-6-7-15(25)14(24)10-13/h6-7,10-11,17,19,26H,5,8-9H2,1-4H3/t11-,17-,19+/m1/s1. The number of carbonyl (C=O) groups excluding carboxylic acids is 3. The van der Waals surface area contributed by atoms with Crippen LogP contribution in [0.5, 0.6) is 0 Å². The highest BCUT2D eigenvalue weighted by atomic mass is 79.9. The average molecular weight is 494 g/mol. The van der Waals surface area contributed by atoms with E-state index in [-0.39, 0.29) is 22.6 Å². The van der Waals surface area contributed by atoms with E-state index in [4.69, 9.17) is 9.47 Å². The number of methoxy groups -OCH3 is 1. The summed E-state index contributed by atoms with van der Waals surface area (Å²) in [5, 5.41) is 3.19. The summed E-state index contributed by atoms with van der Waals surface area (Å²) in [5.74, 6) is -4.04. The van der Waals surface area contributed by atoms with Crippen molar-refractivity contribution in [1.29, 1.82) is 0 Å². The molecule has 166 valence electrons. The maximum absolute atomic E-state index is 13.9. The number of hydrogen-bond donors (Lipinski definition) is 1. The summed E-state index contributed by atoms with van der Waals surface area (Å²) in [6.07, 6.45) is 1.08. The number of halogens is 2. The fourth-order valence-electron chi connectivity index (χ4n) is 4.25. The van der Waals surface area contributed by atoms with Crippen molar-refractivity contribution >= 4 is 33.7 Å². The second-order valence-corrected chi connectivity index (χ2v) is 8.70. The van der Waals surface area contributed by atoms with E-state index in [1.807, 2.05) is 13.8 Å². The monoisotopic (exact) mass is 493 g/mol. The van der Waals surface area contributed by atoms with Gasteiger partial charge in [-0.3, -0.25) is 9.59 Å². The van der Waals surface area contributed by atoms with E-state index in [2.05, 4.69) is 21.2 Å². The Balaban J connectivity index is 2.18. The molecule has 2 aliphatic rings. The number of dihydropyridines is 1. The Morgan fingerprint density at radius 1 is 1.32 bits per heavy atom. The molecule has 0 saturated carbocycles. The molecule has 1 aromatic rings. The summed E-state index contributed by atoms with van der Waals surface area (Å²) in [6.45, 7) is 5.69. The zero-order valence-corrected chi connectivity index (χ0v) is 19.5. The van der Waals surface area contributed by atoms with Gasteiger partial charge < -0.3 is 14.8 Å². The topological polar surface area (TPSA) is 81.7 Å². The molecule has 0 aromatic heterocycles. The molecular weight excluding hydrogens is 469 g/mol. The second kappa shape index (κ2) is 9.34. The molecule has 0 spiro atoms. The molecule has 1 heterocycles. The number of Topliss-reactive ketones (excluding diaryl/α,β-unsaturated/α-hetero) is 1. The minimum absolute atomic E-state index is 0.214. The highest BCUT2D eigenvalue weighted by molar-refractivity contribution is 9.10. The van der Waals surface area contributed by atoms with Gasteiger partial charge in [-0.05, 0) is 59.3 Å². The summed E-state index contributed by atoms with van der Waals surface area (Å²) in [4.78, 5) is 38.9. The molecule has 1 aliphatic heterocycles. The van der Waals surface area contributed by atoms with Crippen LogP contribution >= 0.6 is 15.9 Å². The normalized spacial score (nSPS) is 23.3. The predicted octanol–water partition coefficient (Wildman–Crippen LogP) is 4.15. The number of benzene rings is 1. The lowest BCUT2D eigenvalue weighted by atomic mass is 9.69. The number of allylic oxidation sites excluding steroid dienone is 3. The molecule has 0 radical (unpaired) electrons. The van der Waals surface area contributed by atoms with Gasteiger partial charge in [0.2, 0.25) is 0 Å². The van der Waals surface area contributed by atoms with Crippen LogP contribution in [0.4, 0.5) is 4.39 Å². The molecule has 3 rings (SSSR count). The lowest BCUT2D eigenvalue weighted by Gasteiger charge is -2.38. The summed E-state index contributed by atoms with van der Waals surface area (Å²) < 4.78 is 24.4. The molecule has 0 saturated heterocycles. The number of nitrogens with one attached hydrogen (secondary N) is 1. The zero-order valence-electron chi connectivity index (χ0n) is 17.9. The van der Waals surface area contributed by atoms with Crippen LogP contribution in [-0.4, -0.2) is 31.4 Å². The lowest BCUT2D eigenvalue weighted by molar-refractivity contribution is -0.151. The van der Waals surface area contributed by atoms with Crippen molar-refractivity contribution in [2.75, 3.05) is 13.7 Å². The van der Waals surface area contributed by atoms with Gasteiger partial charge in [-0.1, -0.05) is 19.9 Å². The van der Waals surface area contributed by atoms with Crippen molar-refractivity contribution in [2.24, 2.45) is 11.8 Å². The van der Waals surface area contributed by atoms with Crippen molar-refractivity contribution in [1.82, 2.24) is 5.32 Å². The van der Waals surface area contributed by atoms with Crippen LogP contribution in [0.25, 0.3) is 0 Å². The van der Waals surface area contributed by atoms with Crippen LogP contribution in [0.1, 0.15) is 45.1 Å². The Morgan fingerprint density at radius 3 is 2.65 bits per heavy atom. The fourth-order valence-corrected chi connectivity index (χ4v) is 4.65. The van der Waals surface area contributed by atoms with Gasteiger partial charge in [-0.2, -0.15) is 0 Å². The Labute approximate surface area is 189 Å². The first-order chi connectivity index (χ1) is 14.7. The smallest absolute Gasteiger partial charge is 0.336 e. The molecule has 0 unspecified atom stereocenters. The van der Waals surface area contributed by atoms with Crippen LogP contribution in [0.15, 0.2) is 45.2 Å². The van der Waals surface area contributed by atoms with E-state index >= 15 is 0 Å². The molecule has 1 N–H and O–H groups in total. The van der Waals surface area contributed by atoms with Gasteiger partial charge >= 0.3 is 11.9 Å². The lowest BCUT2D eigenvalue weighted by Crippen LogP contribution is -2.43. The number of rotatable bonds is 5. The number of carbonyl (C=O) groups is 3. The Kier molecular flexibility index (Phi) is 6.99. The van der Waals surface area contributed by atoms with Crippen LogP contribution in [0.2, 0.25) is 0 Å².